The van der Waals surface area contributed by atoms with Crippen LogP contribution in [0.25, 0.3) is 10.9 Å². The molecule has 1 aromatic heterocycles. The molecule has 4 heteroatoms. The van der Waals surface area contributed by atoms with E-state index < -0.39 is 0 Å². The van der Waals surface area contributed by atoms with Gasteiger partial charge in [0.05, 0.1) is 6.42 Å². The first-order valence-electron chi connectivity index (χ1n) is 9.21. The number of nitrogens with zero attached hydrogens (tertiary/aromatic N) is 1. The number of piperidine rings is 1. The Kier molecular flexibility index (Phi) is 4.86. The van der Waals surface area contributed by atoms with Crippen molar-refractivity contribution in [2.45, 2.75) is 32.1 Å². The topological polar surface area (TPSA) is 36.1 Å². The van der Waals surface area contributed by atoms with Gasteiger partial charge in [-0.1, -0.05) is 46.3 Å². The zero-order valence-electron chi connectivity index (χ0n) is 15.0. The molecule has 1 amide bonds. The third-order valence-corrected chi connectivity index (χ3v) is 6.02. The molecule has 1 saturated heterocycles. The van der Waals surface area contributed by atoms with E-state index in [1.807, 2.05) is 11.0 Å². The second kappa shape index (κ2) is 7.28. The summed E-state index contributed by atoms with van der Waals surface area (Å²) in [6.07, 6.45) is 2.57. The number of likely N-dealkylation sites (tertiary alicyclic amines) is 1. The number of aromatic amines is 1. The fourth-order valence-corrected chi connectivity index (χ4v) is 4.39. The summed E-state index contributed by atoms with van der Waals surface area (Å²) in [5.74, 6) is 0.812. The summed E-state index contributed by atoms with van der Waals surface area (Å²) in [7, 11) is 0. The first kappa shape index (κ1) is 17.3. The second-order valence-corrected chi connectivity index (χ2v) is 8.08. The van der Waals surface area contributed by atoms with Crippen LogP contribution in [0.15, 0.2) is 53.0 Å². The number of aromatic nitrogens is 1. The van der Waals surface area contributed by atoms with Crippen LogP contribution in [0.1, 0.15) is 35.6 Å². The number of carbonyl (C=O) groups is 1. The van der Waals surface area contributed by atoms with Gasteiger partial charge >= 0.3 is 0 Å². The zero-order chi connectivity index (χ0) is 18.1. The van der Waals surface area contributed by atoms with Crippen LogP contribution in [0, 0.1) is 6.92 Å². The molecule has 1 fully saturated rings. The Morgan fingerprint density at radius 2 is 1.88 bits per heavy atom. The molecular formula is C22H23BrN2O. The molecule has 1 aliphatic rings. The summed E-state index contributed by atoms with van der Waals surface area (Å²) >= 11 is 3.54. The molecule has 2 heterocycles. The lowest BCUT2D eigenvalue weighted by atomic mass is 9.89. The fraction of sp³-hybridized carbons (Fsp3) is 0.318. The Balaban J connectivity index is 1.45. The number of halogens is 1. The normalized spacial score (nSPS) is 15.5. The third kappa shape index (κ3) is 3.43. The molecule has 3 aromatic rings. The smallest absolute Gasteiger partial charge is 0.227 e. The van der Waals surface area contributed by atoms with Gasteiger partial charge in [0.25, 0.3) is 0 Å². The largest absolute Gasteiger partial charge is 0.358 e. The SMILES string of the molecule is Cc1[nH]c2ccc(Br)cc2c1CC(=O)N1CCC(c2ccccc2)CC1. The van der Waals surface area contributed by atoms with Gasteiger partial charge in [0.15, 0.2) is 0 Å². The third-order valence-electron chi connectivity index (χ3n) is 5.53. The van der Waals surface area contributed by atoms with Crippen molar-refractivity contribution in [1.29, 1.82) is 0 Å². The number of hydrogen-bond donors (Lipinski definition) is 1. The summed E-state index contributed by atoms with van der Waals surface area (Å²) in [5, 5.41) is 1.14. The maximum atomic E-state index is 12.9. The summed E-state index contributed by atoms with van der Waals surface area (Å²) in [4.78, 5) is 18.3. The van der Waals surface area contributed by atoms with Crippen molar-refractivity contribution in [2.24, 2.45) is 0 Å². The molecular weight excluding hydrogens is 388 g/mol. The molecule has 3 nitrogen and oxygen atoms in total. The highest BCUT2D eigenvalue weighted by atomic mass is 79.9. The average molecular weight is 411 g/mol. The van der Waals surface area contributed by atoms with Crippen LogP contribution in [0.5, 0.6) is 0 Å². The number of H-pyrrole nitrogens is 1. The summed E-state index contributed by atoms with van der Waals surface area (Å²) in [5.41, 5.74) is 4.70. The highest BCUT2D eigenvalue weighted by molar-refractivity contribution is 9.10. The van der Waals surface area contributed by atoms with Gasteiger partial charge in [0.1, 0.15) is 0 Å². The predicted molar refractivity (Wildman–Crippen MR) is 109 cm³/mol. The minimum absolute atomic E-state index is 0.237. The quantitative estimate of drug-likeness (QED) is 0.633. The molecule has 0 atom stereocenters. The number of benzene rings is 2. The fourth-order valence-electron chi connectivity index (χ4n) is 4.03. The van der Waals surface area contributed by atoms with Gasteiger partial charge in [-0.3, -0.25) is 4.79 Å². The Morgan fingerprint density at radius 1 is 1.15 bits per heavy atom. The zero-order valence-corrected chi connectivity index (χ0v) is 16.6. The van der Waals surface area contributed by atoms with Gasteiger partial charge in [-0.2, -0.15) is 0 Å². The minimum atomic E-state index is 0.237. The molecule has 0 spiro atoms. The van der Waals surface area contributed by atoms with E-state index in [2.05, 4.69) is 70.3 Å². The molecule has 26 heavy (non-hydrogen) atoms. The molecule has 4 rings (SSSR count). The Bertz CT molecular complexity index is 924. The van der Waals surface area contributed by atoms with Crippen molar-refractivity contribution < 1.29 is 4.79 Å². The molecule has 1 aliphatic heterocycles. The summed E-state index contributed by atoms with van der Waals surface area (Å²) < 4.78 is 1.04. The molecule has 2 aromatic carbocycles. The van der Waals surface area contributed by atoms with Gasteiger partial charge in [0, 0.05) is 34.2 Å². The van der Waals surface area contributed by atoms with Crippen LogP contribution < -0.4 is 0 Å². The summed E-state index contributed by atoms with van der Waals surface area (Å²) in [6, 6.07) is 16.9. The van der Waals surface area contributed by atoms with Gasteiger partial charge in [0.2, 0.25) is 5.91 Å². The molecule has 0 radical (unpaired) electrons. The number of rotatable bonds is 3. The summed E-state index contributed by atoms with van der Waals surface area (Å²) in [6.45, 7) is 3.76. The first-order chi connectivity index (χ1) is 12.6. The molecule has 0 saturated carbocycles. The number of aryl methyl sites for hydroxylation is 1. The maximum absolute atomic E-state index is 12.9. The number of nitrogens with one attached hydrogen (secondary N) is 1. The number of hydrogen-bond acceptors (Lipinski definition) is 1. The van der Waals surface area contributed by atoms with Crippen molar-refractivity contribution in [1.82, 2.24) is 9.88 Å². The van der Waals surface area contributed by atoms with Gasteiger partial charge in [-0.05, 0) is 55.0 Å². The molecule has 0 unspecified atom stereocenters. The van der Waals surface area contributed by atoms with Crippen molar-refractivity contribution in [3.05, 3.63) is 69.8 Å². The van der Waals surface area contributed by atoms with E-state index in [1.54, 1.807) is 0 Å². The van der Waals surface area contributed by atoms with Gasteiger partial charge in [-0.25, -0.2) is 0 Å². The van der Waals surface area contributed by atoms with Crippen LogP contribution in [-0.4, -0.2) is 28.9 Å². The van der Waals surface area contributed by atoms with Gasteiger partial charge in [-0.15, -0.1) is 0 Å². The first-order valence-corrected chi connectivity index (χ1v) is 10.0. The van der Waals surface area contributed by atoms with E-state index in [-0.39, 0.29) is 5.91 Å². The minimum Gasteiger partial charge on any atom is -0.358 e. The molecule has 0 aliphatic carbocycles. The lowest BCUT2D eigenvalue weighted by Crippen LogP contribution is -2.38. The molecule has 0 bridgehead atoms. The Morgan fingerprint density at radius 3 is 2.62 bits per heavy atom. The number of fused-ring (bicyclic) bond motifs is 1. The molecule has 134 valence electrons. The maximum Gasteiger partial charge on any atom is 0.227 e. The van der Waals surface area contributed by atoms with Crippen LogP contribution >= 0.6 is 15.9 Å². The lowest BCUT2D eigenvalue weighted by Gasteiger charge is -2.32. The van der Waals surface area contributed by atoms with E-state index in [0.717, 1.165) is 52.6 Å². The van der Waals surface area contributed by atoms with Crippen molar-refractivity contribution in [2.75, 3.05) is 13.1 Å². The van der Waals surface area contributed by atoms with Crippen LogP contribution in [0.3, 0.4) is 0 Å². The number of carbonyl (C=O) groups excluding carboxylic acids is 1. The van der Waals surface area contributed by atoms with Crippen molar-refractivity contribution in [3.8, 4) is 0 Å². The highest BCUT2D eigenvalue weighted by Crippen LogP contribution is 2.29. The predicted octanol–water partition coefficient (Wildman–Crippen LogP) is 5.19. The Hall–Kier alpha value is -2.07. The highest BCUT2D eigenvalue weighted by Gasteiger charge is 2.24. The van der Waals surface area contributed by atoms with E-state index in [1.165, 1.54) is 5.56 Å². The average Bonchev–Trinajstić information content (AvgIpc) is 2.97. The van der Waals surface area contributed by atoms with E-state index in [9.17, 15) is 4.79 Å². The van der Waals surface area contributed by atoms with Crippen molar-refractivity contribution in [3.63, 3.8) is 0 Å². The van der Waals surface area contributed by atoms with E-state index >= 15 is 0 Å². The standard InChI is InChI=1S/C22H23BrN2O/c1-15-19(20-13-18(23)7-8-21(20)24-15)14-22(26)25-11-9-17(10-12-25)16-5-3-2-4-6-16/h2-8,13,17,24H,9-12,14H2,1H3. The van der Waals surface area contributed by atoms with Crippen LogP contribution in [-0.2, 0) is 11.2 Å². The monoisotopic (exact) mass is 410 g/mol. The number of amides is 1. The van der Waals surface area contributed by atoms with E-state index in [4.69, 9.17) is 0 Å². The lowest BCUT2D eigenvalue weighted by molar-refractivity contribution is -0.131. The van der Waals surface area contributed by atoms with Crippen LogP contribution in [0.4, 0.5) is 0 Å². The molecule has 1 N–H and O–H groups in total. The second-order valence-electron chi connectivity index (χ2n) is 7.16. The van der Waals surface area contributed by atoms with Crippen molar-refractivity contribution >= 4 is 32.7 Å². The van der Waals surface area contributed by atoms with Gasteiger partial charge < -0.3 is 9.88 Å². The Labute approximate surface area is 162 Å². The van der Waals surface area contributed by atoms with E-state index in [0.29, 0.717) is 12.3 Å². The van der Waals surface area contributed by atoms with Crippen LogP contribution in [0.2, 0.25) is 0 Å².